The molecule has 1 heterocycles. The maximum atomic E-state index is 12.5. The van der Waals surface area contributed by atoms with Crippen molar-refractivity contribution < 1.29 is 27.4 Å². The first kappa shape index (κ1) is 16.1. The van der Waals surface area contributed by atoms with Gasteiger partial charge in [0.15, 0.2) is 17.3 Å². The van der Waals surface area contributed by atoms with E-state index in [2.05, 4.69) is 0 Å². The second-order valence-electron chi connectivity index (χ2n) is 5.65. The van der Waals surface area contributed by atoms with Crippen LogP contribution < -0.4 is 9.47 Å². The molecular formula is C18H11F3O3S. The number of fused-ring (bicyclic) bond motifs is 2. The normalized spacial score (nSPS) is 17.2. The Morgan fingerprint density at radius 1 is 1.04 bits per heavy atom. The van der Waals surface area contributed by atoms with E-state index >= 15 is 0 Å². The molecule has 0 amide bonds. The third-order valence-corrected chi connectivity index (χ3v) is 4.71. The maximum absolute atomic E-state index is 12.5. The third kappa shape index (κ3) is 3.24. The number of allylic oxidation sites excluding steroid dienone is 1. The molecule has 7 heteroatoms. The Morgan fingerprint density at radius 3 is 2.40 bits per heavy atom. The Labute approximate surface area is 145 Å². The highest BCUT2D eigenvalue weighted by atomic mass is 32.2. The molecular weight excluding hydrogens is 353 g/mol. The molecule has 0 N–H and O–H groups in total. The van der Waals surface area contributed by atoms with Gasteiger partial charge in [0.25, 0.3) is 0 Å². The molecule has 128 valence electrons. The van der Waals surface area contributed by atoms with Gasteiger partial charge in [-0.2, -0.15) is 13.2 Å². The molecule has 0 fully saturated rings. The summed E-state index contributed by atoms with van der Waals surface area (Å²) in [6, 6.07) is 9.43. The summed E-state index contributed by atoms with van der Waals surface area (Å²) in [5, 5.41) is 0. The fourth-order valence-electron chi connectivity index (χ4n) is 2.88. The lowest BCUT2D eigenvalue weighted by molar-refractivity contribution is -0.0328. The molecule has 3 nitrogen and oxygen atoms in total. The minimum Gasteiger partial charge on any atom is -0.454 e. The zero-order chi connectivity index (χ0) is 17.6. The molecule has 1 aliphatic carbocycles. The van der Waals surface area contributed by atoms with Crippen molar-refractivity contribution in [3.8, 4) is 11.5 Å². The topological polar surface area (TPSA) is 35.5 Å². The van der Waals surface area contributed by atoms with Crippen molar-refractivity contribution in [2.75, 3.05) is 6.79 Å². The molecule has 0 bridgehead atoms. The van der Waals surface area contributed by atoms with E-state index in [0.717, 1.165) is 5.56 Å². The SMILES string of the molecule is O=C1/C(=C/c2ccc(SC(F)(F)F)cc2)Cc2cc3c(cc21)OCO3. The van der Waals surface area contributed by atoms with Crippen molar-refractivity contribution in [2.45, 2.75) is 16.8 Å². The molecule has 0 radical (unpaired) electrons. The van der Waals surface area contributed by atoms with Crippen LogP contribution in [0.5, 0.6) is 11.5 Å². The zero-order valence-electron chi connectivity index (χ0n) is 12.7. The average molecular weight is 364 g/mol. The number of thioether (sulfide) groups is 1. The number of carbonyl (C=O) groups is 1. The van der Waals surface area contributed by atoms with Gasteiger partial charge >= 0.3 is 5.51 Å². The molecule has 2 aliphatic rings. The van der Waals surface area contributed by atoms with Crippen molar-refractivity contribution in [3.05, 3.63) is 58.7 Å². The highest BCUT2D eigenvalue weighted by Gasteiger charge is 2.30. The second kappa shape index (κ2) is 5.84. The van der Waals surface area contributed by atoms with E-state index < -0.39 is 5.51 Å². The van der Waals surface area contributed by atoms with Crippen molar-refractivity contribution >= 4 is 23.6 Å². The maximum Gasteiger partial charge on any atom is 0.446 e. The van der Waals surface area contributed by atoms with E-state index in [-0.39, 0.29) is 29.2 Å². The Bertz CT molecular complexity index is 886. The molecule has 25 heavy (non-hydrogen) atoms. The first-order valence-corrected chi connectivity index (χ1v) is 8.24. The standard InChI is InChI=1S/C18H11F3O3S/c19-18(20,21)25-13-3-1-10(2-4-13)5-12-6-11-7-15-16(24-9-23-15)8-14(11)17(12)22/h1-5,7-8H,6,9H2/b12-5+. The highest BCUT2D eigenvalue weighted by molar-refractivity contribution is 8.00. The van der Waals surface area contributed by atoms with E-state index in [4.69, 9.17) is 9.47 Å². The largest absolute Gasteiger partial charge is 0.454 e. The van der Waals surface area contributed by atoms with Gasteiger partial charge in [0, 0.05) is 22.5 Å². The molecule has 4 rings (SSSR count). The number of alkyl halides is 3. The third-order valence-electron chi connectivity index (χ3n) is 3.97. The molecule has 0 saturated carbocycles. The molecule has 0 unspecified atom stereocenters. The highest BCUT2D eigenvalue weighted by Crippen LogP contribution is 2.40. The zero-order valence-corrected chi connectivity index (χ0v) is 13.5. The first-order valence-electron chi connectivity index (χ1n) is 7.43. The van der Waals surface area contributed by atoms with Crippen molar-refractivity contribution in [3.63, 3.8) is 0 Å². The number of Topliss-reactive ketones (excluding diaryl/α,β-unsaturated/α-hetero) is 1. The lowest BCUT2D eigenvalue weighted by Gasteiger charge is -2.05. The number of ether oxygens (including phenoxy) is 2. The predicted octanol–water partition coefficient (Wildman–Crippen LogP) is 4.85. The van der Waals surface area contributed by atoms with E-state index in [1.807, 2.05) is 0 Å². The molecule has 2 aromatic carbocycles. The van der Waals surface area contributed by atoms with Crippen LogP contribution in [0.3, 0.4) is 0 Å². The van der Waals surface area contributed by atoms with Gasteiger partial charge in [0.2, 0.25) is 6.79 Å². The summed E-state index contributed by atoms with van der Waals surface area (Å²) in [7, 11) is 0. The van der Waals surface area contributed by atoms with Crippen LogP contribution in [0.4, 0.5) is 13.2 Å². The Kier molecular flexibility index (Phi) is 3.76. The minimum atomic E-state index is -4.31. The summed E-state index contributed by atoms with van der Waals surface area (Å²) in [5.74, 6) is 1.09. The number of benzene rings is 2. The van der Waals surface area contributed by atoms with Crippen molar-refractivity contribution in [1.29, 1.82) is 0 Å². The van der Waals surface area contributed by atoms with E-state index in [0.29, 0.717) is 34.6 Å². The number of hydrogen-bond donors (Lipinski definition) is 0. The van der Waals surface area contributed by atoms with Gasteiger partial charge in [0.1, 0.15) is 0 Å². The summed E-state index contributed by atoms with van der Waals surface area (Å²) in [6.45, 7) is 0.150. The van der Waals surface area contributed by atoms with Gasteiger partial charge in [0.05, 0.1) is 0 Å². The number of halogens is 3. The smallest absolute Gasteiger partial charge is 0.446 e. The molecule has 1 aliphatic heterocycles. The summed E-state index contributed by atoms with van der Waals surface area (Å²) >= 11 is -0.161. The Hall–Kier alpha value is -2.41. The van der Waals surface area contributed by atoms with Crippen LogP contribution in [0.25, 0.3) is 6.08 Å². The summed E-state index contributed by atoms with van der Waals surface area (Å²) in [4.78, 5) is 12.7. The molecule has 0 atom stereocenters. The van der Waals surface area contributed by atoms with Crippen molar-refractivity contribution in [2.24, 2.45) is 0 Å². The van der Waals surface area contributed by atoms with Crippen LogP contribution in [-0.4, -0.2) is 18.1 Å². The van der Waals surface area contributed by atoms with Crippen LogP contribution >= 0.6 is 11.8 Å². The minimum absolute atomic E-state index is 0.0953. The van der Waals surface area contributed by atoms with Gasteiger partial charge < -0.3 is 9.47 Å². The van der Waals surface area contributed by atoms with Gasteiger partial charge in [-0.05, 0) is 53.2 Å². The van der Waals surface area contributed by atoms with Crippen molar-refractivity contribution in [1.82, 2.24) is 0 Å². The summed E-state index contributed by atoms with van der Waals surface area (Å²) in [6.07, 6.45) is 2.17. The number of rotatable bonds is 2. The van der Waals surface area contributed by atoms with E-state index in [1.54, 1.807) is 30.3 Å². The second-order valence-corrected chi connectivity index (χ2v) is 6.79. The fraction of sp³-hybridized carbons (Fsp3) is 0.167. The first-order chi connectivity index (χ1) is 11.9. The van der Waals surface area contributed by atoms with E-state index in [9.17, 15) is 18.0 Å². The number of carbonyl (C=O) groups excluding carboxylic acids is 1. The molecule has 0 saturated heterocycles. The summed E-state index contributed by atoms with van der Waals surface area (Å²) in [5.41, 5.74) is -1.59. The monoisotopic (exact) mass is 364 g/mol. The van der Waals surface area contributed by atoms with Gasteiger partial charge in [-0.25, -0.2) is 0 Å². The van der Waals surface area contributed by atoms with Crippen LogP contribution in [0.2, 0.25) is 0 Å². The fourth-order valence-corrected chi connectivity index (χ4v) is 3.42. The lowest BCUT2D eigenvalue weighted by Crippen LogP contribution is -1.98. The molecule has 0 spiro atoms. The van der Waals surface area contributed by atoms with Crippen LogP contribution in [0, 0.1) is 0 Å². The molecule has 2 aromatic rings. The van der Waals surface area contributed by atoms with Gasteiger partial charge in [-0.1, -0.05) is 12.1 Å². The van der Waals surface area contributed by atoms with Crippen LogP contribution in [0.1, 0.15) is 21.5 Å². The van der Waals surface area contributed by atoms with Crippen LogP contribution in [0.15, 0.2) is 46.9 Å². The number of ketones is 1. The Morgan fingerprint density at radius 2 is 1.72 bits per heavy atom. The summed E-state index contributed by atoms with van der Waals surface area (Å²) < 4.78 is 47.7. The van der Waals surface area contributed by atoms with E-state index in [1.165, 1.54) is 12.1 Å². The van der Waals surface area contributed by atoms with Gasteiger partial charge in [-0.15, -0.1) is 0 Å². The van der Waals surface area contributed by atoms with Crippen LogP contribution in [-0.2, 0) is 6.42 Å². The predicted molar refractivity (Wildman–Crippen MR) is 86.9 cm³/mol. The quantitative estimate of drug-likeness (QED) is 0.564. The lowest BCUT2D eigenvalue weighted by atomic mass is 10.1. The molecule has 0 aromatic heterocycles. The van der Waals surface area contributed by atoms with Gasteiger partial charge in [-0.3, -0.25) is 4.79 Å². The number of hydrogen-bond acceptors (Lipinski definition) is 4. The average Bonchev–Trinajstić information content (AvgIpc) is 3.11. The Balaban J connectivity index is 1.57.